The van der Waals surface area contributed by atoms with E-state index in [1.165, 1.54) is 0 Å². The van der Waals surface area contributed by atoms with Crippen LogP contribution in [0.25, 0.3) is 0 Å². The quantitative estimate of drug-likeness (QED) is 0.865. The molecule has 2 rings (SSSR count). The highest BCUT2D eigenvalue weighted by molar-refractivity contribution is 7.91. The van der Waals surface area contributed by atoms with E-state index in [-0.39, 0.29) is 22.2 Å². The number of carboxylic acid groups (broad SMARTS) is 1. The van der Waals surface area contributed by atoms with Crippen molar-refractivity contribution in [2.24, 2.45) is 0 Å². The van der Waals surface area contributed by atoms with Gasteiger partial charge in [0.15, 0.2) is 20.8 Å². The monoisotopic (exact) mass is 265 g/mol. The molecule has 1 aromatic heterocycles. The number of hydrogen-bond donors (Lipinski definition) is 1. The maximum Gasteiger partial charge on any atom is 0.342 e. The van der Waals surface area contributed by atoms with Crippen molar-refractivity contribution in [3.63, 3.8) is 0 Å². The molecule has 1 N–H and O–H groups in total. The van der Waals surface area contributed by atoms with E-state index in [0.717, 1.165) is 0 Å². The molecule has 8 heteroatoms. The van der Waals surface area contributed by atoms with Crippen molar-refractivity contribution < 1.29 is 22.8 Å². The maximum atomic E-state index is 11.6. The van der Waals surface area contributed by atoms with Crippen LogP contribution < -0.4 is 0 Å². The van der Waals surface area contributed by atoms with Crippen molar-refractivity contribution in [3.05, 3.63) is 16.5 Å². The number of aromatic nitrogens is 1. The second-order valence-corrected chi connectivity index (χ2v) is 6.18. The highest BCUT2D eigenvalue weighted by atomic mass is 35.5. The van der Waals surface area contributed by atoms with Crippen molar-refractivity contribution in [3.8, 4) is 0 Å². The van der Waals surface area contributed by atoms with Crippen LogP contribution >= 0.6 is 11.6 Å². The van der Waals surface area contributed by atoms with Gasteiger partial charge in [-0.2, -0.15) is 0 Å². The van der Waals surface area contributed by atoms with Gasteiger partial charge in [-0.1, -0.05) is 16.8 Å². The Morgan fingerprint density at radius 3 is 2.75 bits per heavy atom. The van der Waals surface area contributed by atoms with E-state index in [4.69, 9.17) is 21.2 Å². The summed E-state index contributed by atoms with van der Waals surface area (Å²) in [6, 6.07) is 0. The van der Waals surface area contributed by atoms with Gasteiger partial charge >= 0.3 is 5.97 Å². The van der Waals surface area contributed by atoms with E-state index >= 15 is 0 Å². The number of aromatic carboxylic acids is 1. The van der Waals surface area contributed by atoms with Gasteiger partial charge in [0.1, 0.15) is 10.8 Å². The van der Waals surface area contributed by atoms with Gasteiger partial charge in [-0.3, -0.25) is 0 Å². The van der Waals surface area contributed by atoms with Crippen molar-refractivity contribution >= 4 is 27.4 Å². The number of halogens is 1. The topological polar surface area (TPSA) is 97.5 Å². The maximum absolute atomic E-state index is 11.6. The van der Waals surface area contributed by atoms with Gasteiger partial charge in [0.05, 0.1) is 5.75 Å². The number of carbonyl (C=O) groups is 1. The molecular formula is C8H8ClNO5S. The molecule has 0 radical (unpaired) electrons. The largest absolute Gasteiger partial charge is 0.477 e. The van der Waals surface area contributed by atoms with Gasteiger partial charge in [0, 0.05) is 0 Å². The van der Waals surface area contributed by atoms with Crippen LogP contribution in [-0.2, 0) is 9.84 Å². The fourth-order valence-corrected chi connectivity index (χ4v) is 3.86. The molecule has 1 unspecified atom stereocenters. The minimum atomic E-state index is -3.34. The Hall–Kier alpha value is -1.08. The Balaban J connectivity index is 2.53. The summed E-state index contributed by atoms with van der Waals surface area (Å²) in [5, 5.41) is 10.9. The van der Waals surface area contributed by atoms with E-state index in [9.17, 15) is 13.2 Å². The van der Waals surface area contributed by atoms with Crippen molar-refractivity contribution in [2.45, 2.75) is 18.1 Å². The third-order valence-electron chi connectivity index (χ3n) is 2.51. The van der Waals surface area contributed by atoms with Crippen LogP contribution in [0.3, 0.4) is 0 Å². The Kier molecular flexibility index (Phi) is 2.67. The summed E-state index contributed by atoms with van der Waals surface area (Å²) in [6.45, 7) is 0. The van der Waals surface area contributed by atoms with Crippen LogP contribution in [0.4, 0.5) is 0 Å². The zero-order chi connectivity index (χ0) is 11.9. The molecule has 0 amide bonds. The molecule has 1 aliphatic rings. The van der Waals surface area contributed by atoms with E-state index < -0.39 is 21.1 Å². The Morgan fingerprint density at radius 1 is 1.56 bits per heavy atom. The summed E-state index contributed by atoms with van der Waals surface area (Å²) in [5.41, 5.74) is -0.350. The molecule has 1 atom stereocenters. The van der Waals surface area contributed by atoms with Crippen LogP contribution in [0.5, 0.6) is 0 Å². The molecular weight excluding hydrogens is 258 g/mol. The standard InChI is InChI=1S/C8H8ClNO5S/c9-7-5(8(11)12)6(15-10-7)4-2-1-3-16(4,13)14/h4H,1-3H2,(H,11,12). The lowest BCUT2D eigenvalue weighted by Gasteiger charge is -2.05. The fourth-order valence-electron chi connectivity index (χ4n) is 1.78. The number of rotatable bonds is 2. The molecule has 1 aliphatic heterocycles. The number of sulfone groups is 1. The number of hydrogen-bond acceptors (Lipinski definition) is 5. The van der Waals surface area contributed by atoms with Crippen LogP contribution in [0, 0.1) is 0 Å². The lowest BCUT2D eigenvalue weighted by Crippen LogP contribution is -2.11. The summed E-state index contributed by atoms with van der Waals surface area (Å²) in [7, 11) is -3.34. The summed E-state index contributed by atoms with van der Waals surface area (Å²) >= 11 is 5.53. The highest BCUT2D eigenvalue weighted by Gasteiger charge is 2.39. The molecule has 88 valence electrons. The van der Waals surface area contributed by atoms with Gasteiger partial charge in [-0.25, -0.2) is 13.2 Å². The van der Waals surface area contributed by atoms with Crippen LogP contribution in [0.2, 0.25) is 5.15 Å². The van der Waals surface area contributed by atoms with E-state index in [1.807, 2.05) is 0 Å². The predicted molar refractivity (Wildman–Crippen MR) is 54.2 cm³/mol. The first-order chi connectivity index (χ1) is 7.43. The Labute approximate surface area is 96.1 Å². The Bertz CT molecular complexity index is 535. The molecule has 1 aromatic rings. The third kappa shape index (κ3) is 1.69. The molecule has 0 aromatic carbocycles. The van der Waals surface area contributed by atoms with Gasteiger partial charge in [-0.05, 0) is 12.8 Å². The first-order valence-electron chi connectivity index (χ1n) is 4.53. The van der Waals surface area contributed by atoms with Crippen molar-refractivity contribution in [1.82, 2.24) is 5.16 Å². The Morgan fingerprint density at radius 2 is 2.25 bits per heavy atom. The normalized spacial score (nSPS) is 23.4. The third-order valence-corrected chi connectivity index (χ3v) is 4.94. The van der Waals surface area contributed by atoms with Crippen molar-refractivity contribution in [2.75, 3.05) is 5.75 Å². The lowest BCUT2D eigenvalue weighted by molar-refractivity contribution is 0.0694. The predicted octanol–water partition coefficient (Wildman–Crippen LogP) is 1.28. The average molecular weight is 266 g/mol. The molecule has 0 spiro atoms. The summed E-state index contributed by atoms with van der Waals surface area (Å²) in [4.78, 5) is 10.9. The summed E-state index contributed by atoms with van der Waals surface area (Å²) in [5.74, 6) is -1.45. The van der Waals surface area contributed by atoms with E-state index in [2.05, 4.69) is 5.16 Å². The number of carboxylic acids is 1. The summed E-state index contributed by atoms with van der Waals surface area (Å²) < 4.78 is 28.0. The van der Waals surface area contributed by atoms with Gasteiger partial charge in [-0.15, -0.1) is 0 Å². The molecule has 16 heavy (non-hydrogen) atoms. The molecule has 6 nitrogen and oxygen atoms in total. The van der Waals surface area contributed by atoms with Gasteiger partial charge in [0.25, 0.3) is 0 Å². The van der Waals surface area contributed by atoms with Gasteiger partial charge in [0.2, 0.25) is 0 Å². The molecule has 0 saturated carbocycles. The first-order valence-corrected chi connectivity index (χ1v) is 6.63. The van der Waals surface area contributed by atoms with E-state index in [1.54, 1.807) is 0 Å². The van der Waals surface area contributed by atoms with E-state index in [0.29, 0.717) is 12.8 Å². The first kappa shape index (κ1) is 11.4. The zero-order valence-corrected chi connectivity index (χ0v) is 9.58. The summed E-state index contributed by atoms with van der Waals surface area (Å²) in [6.07, 6.45) is 0.832. The van der Waals surface area contributed by atoms with Crippen LogP contribution in [-0.4, -0.2) is 30.4 Å². The van der Waals surface area contributed by atoms with Crippen LogP contribution in [0.15, 0.2) is 4.52 Å². The highest BCUT2D eigenvalue weighted by Crippen LogP contribution is 2.38. The second kappa shape index (κ2) is 3.74. The minimum Gasteiger partial charge on any atom is -0.477 e. The SMILES string of the molecule is O=C(O)c1c(Cl)noc1C1CCCS1(=O)=O. The zero-order valence-electron chi connectivity index (χ0n) is 8.01. The lowest BCUT2D eigenvalue weighted by atomic mass is 10.1. The molecule has 0 bridgehead atoms. The average Bonchev–Trinajstić information content (AvgIpc) is 2.68. The number of nitrogens with zero attached hydrogens (tertiary/aromatic N) is 1. The van der Waals surface area contributed by atoms with Gasteiger partial charge < -0.3 is 9.63 Å². The minimum absolute atomic E-state index is 0.0368. The smallest absolute Gasteiger partial charge is 0.342 e. The molecule has 1 saturated heterocycles. The fraction of sp³-hybridized carbons (Fsp3) is 0.500. The molecule has 1 fully saturated rings. The van der Waals surface area contributed by atoms with Crippen molar-refractivity contribution in [1.29, 1.82) is 0 Å². The molecule has 0 aliphatic carbocycles. The second-order valence-electron chi connectivity index (χ2n) is 3.52. The van der Waals surface area contributed by atoms with Crippen LogP contribution in [0.1, 0.15) is 34.2 Å². The molecule has 2 heterocycles.